The predicted molar refractivity (Wildman–Crippen MR) is 116 cm³/mol. The number of aryl methyl sites for hydroxylation is 1. The summed E-state index contributed by atoms with van der Waals surface area (Å²) in [7, 11) is 1.55. The number of hydrogen-bond acceptors (Lipinski definition) is 3. The number of ether oxygens (including phenoxy) is 1. The Morgan fingerprint density at radius 3 is 2.53 bits per heavy atom. The molecule has 5 heteroatoms. The van der Waals surface area contributed by atoms with Crippen LogP contribution in [0.15, 0.2) is 72.3 Å². The molecule has 3 aromatic rings. The molecule has 3 aromatic carbocycles. The molecule has 0 spiro atoms. The van der Waals surface area contributed by atoms with Crippen molar-refractivity contribution in [1.82, 2.24) is 0 Å². The van der Waals surface area contributed by atoms with Crippen LogP contribution in [0.1, 0.15) is 22.3 Å². The molecular formula is C25H21FN2O2. The molecule has 3 rings (SSSR count). The second-order valence-corrected chi connectivity index (χ2v) is 6.77. The molecule has 0 bridgehead atoms. The molecule has 0 radical (unpaired) electrons. The van der Waals surface area contributed by atoms with Gasteiger partial charge in [0.15, 0.2) is 0 Å². The van der Waals surface area contributed by atoms with E-state index in [2.05, 4.69) is 5.32 Å². The molecule has 1 N–H and O–H groups in total. The molecule has 0 atom stereocenters. The third kappa shape index (κ3) is 4.92. The molecule has 4 nitrogen and oxygen atoms in total. The van der Waals surface area contributed by atoms with E-state index in [1.165, 1.54) is 12.1 Å². The van der Waals surface area contributed by atoms with Crippen LogP contribution in [0.2, 0.25) is 0 Å². The van der Waals surface area contributed by atoms with Crippen LogP contribution in [0.4, 0.5) is 10.1 Å². The van der Waals surface area contributed by atoms with Crippen LogP contribution in [-0.4, -0.2) is 13.0 Å². The number of benzene rings is 3. The lowest BCUT2D eigenvalue weighted by Crippen LogP contribution is -2.14. The third-order valence-corrected chi connectivity index (χ3v) is 4.75. The zero-order valence-corrected chi connectivity index (χ0v) is 16.8. The van der Waals surface area contributed by atoms with Crippen molar-refractivity contribution in [3.8, 4) is 11.8 Å². The number of halogens is 1. The molecule has 0 fully saturated rings. The number of carbonyl (C=O) groups is 1. The van der Waals surface area contributed by atoms with Gasteiger partial charge in [0.05, 0.1) is 7.11 Å². The number of amides is 1. The zero-order valence-electron chi connectivity index (χ0n) is 16.8. The normalized spacial score (nSPS) is 10.9. The van der Waals surface area contributed by atoms with Gasteiger partial charge in [-0.1, -0.05) is 42.5 Å². The summed E-state index contributed by atoms with van der Waals surface area (Å²) < 4.78 is 19.5. The van der Waals surface area contributed by atoms with Crippen LogP contribution in [0.5, 0.6) is 5.75 Å². The van der Waals surface area contributed by atoms with Gasteiger partial charge in [-0.25, -0.2) is 4.39 Å². The predicted octanol–water partition coefficient (Wildman–Crippen LogP) is 5.28. The van der Waals surface area contributed by atoms with E-state index < -0.39 is 5.91 Å². The van der Waals surface area contributed by atoms with E-state index in [-0.39, 0.29) is 11.4 Å². The van der Waals surface area contributed by atoms with Gasteiger partial charge in [-0.15, -0.1) is 0 Å². The number of anilines is 1. The zero-order chi connectivity index (χ0) is 21.5. The minimum atomic E-state index is -0.501. The van der Waals surface area contributed by atoms with Gasteiger partial charge in [-0.3, -0.25) is 4.79 Å². The maximum absolute atomic E-state index is 14.2. The van der Waals surface area contributed by atoms with Crippen molar-refractivity contribution in [1.29, 1.82) is 5.26 Å². The first-order valence-electron chi connectivity index (χ1n) is 9.41. The molecule has 0 unspecified atom stereocenters. The number of para-hydroxylation sites is 1. The first-order chi connectivity index (χ1) is 14.5. The average molecular weight is 400 g/mol. The highest BCUT2D eigenvalue weighted by atomic mass is 19.1. The summed E-state index contributed by atoms with van der Waals surface area (Å²) in [6.07, 6.45) is 1.82. The summed E-state index contributed by atoms with van der Waals surface area (Å²) in [6.45, 7) is 1.88. The van der Waals surface area contributed by atoms with Gasteiger partial charge in [-0.2, -0.15) is 5.26 Å². The smallest absolute Gasteiger partial charge is 0.266 e. The molecule has 0 aliphatic rings. The van der Waals surface area contributed by atoms with Crippen molar-refractivity contribution in [3.05, 3.63) is 100 Å². The minimum Gasteiger partial charge on any atom is -0.497 e. The Bertz CT molecular complexity index is 1150. The van der Waals surface area contributed by atoms with Gasteiger partial charge in [0.1, 0.15) is 23.2 Å². The molecule has 0 aromatic heterocycles. The van der Waals surface area contributed by atoms with Crippen molar-refractivity contribution in [2.24, 2.45) is 0 Å². The van der Waals surface area contributed by atoms with Crippen molar-refractivity contribution in [3.63, 3.8) is 0 Å². The van der Waals surface area contributed by atoms with Gasteiger partial charge >= 0.3 is 0 Å². The molecule has 0 saturated carbocycles. The van der Waals surface area contributed by atoms with E-state index in [4.69, 9.17) is 4.74 Å². The van der Waals surface area contributed by atoms with Crippen molar-refractivity contribution in [2.45, 2.75) is 13.3 Å². The number of nitriles is 1. The first-order valence-corrected chi connectivity index (χ1v) is 9.41. The number of nitrogens with zero attached hydrogens (tertiary/aromatic N) is 1. The monoisotopic (exact) mass is 400 g/mol. The average Bonchev–Trinajstić information content (AvgIpc) is 2.75. The highest BCUT2D eigenvalue weighted by Crippen LogP contribution is 2.24. The molecular weight excluding hydrogens is 379 g/mol. The van der Waals surface area contributed by atoms with E-state index >= 15 is 0 Å². The standard InChI is InChI=1S/C25H21FN2O2/c1-17-7-3-6-10-24(17)28-25(29)21(16-27)13-18-11-12-22(30-2)15-20(18)14-19-8-4-5-9-23(19)26/h3-13,15H,14H2,1-2H3,(H,28,29)/b21-13+. The third-order valence-electron chi connectivity index (χ3n) is 4.75. The van der Waals surface area contributed by atoms with E-state index in [1.807, 2.05) is 31.2 Å². The van der Waals surface area contributed by atoms with Gasteiger partial charge in [0.25, 0.3) is 5.91 Å². The van der Waals surface area contributed by atoms with Crippen LogP contribution in [0, 0.1) is 24.1 Å². The molecule has 1 amide bonds. The highest BCUT2D eigenvalue weighted by Gasteiger charge is 2.13. The van der Waals surface area contributed by atoms with Crippen LogP contribution in [0.25, 0.3) is 6.08 Å². The number of rotatable bonds is 6. The second kappa shape index (κ2) is 9.53. The number of carbonyl (C=O) groups excluding carboxylic acids is 1. The summed E-state index contributed by atoms with van der Waals surface area (Å²) in [5, 5.41) is 12.3. The maximum Gasteiger partial charge on any atom is 0.266 e. The Labute approximate surface area is 175 Å². The summed E-state index contributed by atoms with van der Waals surface area (Å²) in [6, 6.07) is 21.1. The van der Waals surface area contributed by atoms with E-state index in [9.17, 15) is 14.4 Å². The Morgan fingerprint density at radius 2 is 1.83 bits per heavy atom. The SMILES string of the molecule is COc1ccc(/C=C(\C#N)C(=O)Nc2ccccc2C)c(Cc2ccccc2F)c1. The summed E-state index contributed by atoms with van der Waals surface area (Å²) in [5.74, 6) is -0.200. The molecule has 150 valence electrons. The summed E-state index contributed by atoms with van der Waals surface area (Å²) in [4.78, 5) is 12.7. The van der Waals surface area contributed by atoms with Gasteiger partial charge in [0.2, 0.25) is 0 Å². The van der Waals surface area contributed by atoms with E-state index in [0.29, 0.717) is 29.0 Å². The first kappa shape index (κ1) is 20.8. The molecule has 0 heterocycles. The van der Waals surface area contributed by atoms with Crippen molar-refractivity contribution in [2.75, 3.05) is 12.4 Å². The summed E-state index contributed by atoms with van der Waals surface area (Å²) in [5.41, 5.74) is 3.41. The quantitative estimate of drug-likeness (QED) is 0.452. The fourth-order valence-electron chi connectivity index (χ4n) is 3.06. The highest BCUT2D eigenvalue weighted by molar-refractivity contribution is 6.10. The topological polar surface area (TPSA) is 62.1 Å². The fourth-order valence-corrected chi connectivity index (χ4v) is 3.06. The van der Waals surface area contributed by atoms with Crippen LogP contribution in [-0.2, 0) is 11.2 Å². The van der Waals surface area contributed by atoms with Gasteiger partial charge in [-0.05, 0) is 59.5 Å². The second-order valence-electron chi connectivity index (χ2n) is 6.77. The summed E-state index contributed by atoms with van der Waals surface area (Å²) >= 11 is 0. The molecule has 30 heavy (non-hydrogen) atoms. The lowest BCUT2D eigenvalue weighted by molar-refractivity contribution is -0.112. The Morgan fingerprint density at radius 1 is 1.10 bits per heavy atom. The van der Waals surface area contributed by atoms with Crippen LogP contribution >= 0.6 is 0 Å². The van der Waals surface area contributed by atoms with E-state index in [1.54, 1.807) is 49.6 Å². The van der Waals surface area contributed by atoms with Crippen LogP contribution in [0.3, 0.4) is 0 Å². The Balaban J connectivity index is 1.95. The Kier molecular flexibility index (Phi) is 6.61. The van der Waals surface area contributed by atoms with Gasteiger partial charge < -0.3 is 10.1 Å². The fraction of sp³-hybridized carbons (Fsp3) is 0.120. The largest absolute Gasteiger partial charge is 0.497 e. The number of methoxy groups -OCH3 is 1. The number of hydrogen-bond donors (Lipinski definition) is 1. The number of nitrogens with one attached hydrogen (secondary N) is 1. The van der Waals surface area contributed by atoms with E-state index in [0.717, 1.165) is 11.1 Å². The van der Waals surface area contributed by atoms with Crippen LogP contribution < -0.4 is 10.1 Å². The van der Waals surface area contributed by atoms with Crippen molar-refractivity contribution < 1.29 is 13.9 Å². The minimum absolute atomic E-state index is 0.0433. The lowest BCUT2D eigenvalue weighted by Gasteiger charge is -2.11. The maximum atomic E-state index is 14.2. The van der Waals surface area contributed by atoms with Gasteiger partial charge in [0, 0.05) is 12.1 Å². The molecule has 0 saturated heterocycles. The molecule has 0 aliphatic heterocycles. The van der Waals surface area contributed by atoms with Crippen molar-refractivity contribution >= 4 is 17.7 Å². The Hall–Kier alpha value is -3.91. The lowest BCUT2D eigenvalue weighted by atomic mass is 9.97. The molecule has 0 aliphatic carbocycles.